The number of hydrogen-bond acceptors (Lipinski definition) is 3. The fourth-order valence-corrected chi connectivity index (χ4v) is 0.823. The Bertz CT molecular complexity index is 123. The maximum absolute atomic E-state index is 10.5. The molecule has 1 unspecified atom stereocenters. The molecule has 4 heteroatoms. The molecule has 0 aliphatic heterocycles. The number of aliphatic hydroxyl groups is 2. The molecule has 0 heterocycles. The second-order valence-corrected chi connectivity index (χ2v) is 2.77. The van der Waals surface area contributed by atoms with Gasteiger partial charge in [-0.25, -0.2) is 0 Å². The molecule has 1 atom stereocenters. The number of carbonyl (C=O) groups excluding carboxylic acids is 1. The van der Waals surface area contributed by atoms with Crippen molar-refractivity contribution >= 4 is 5.91 Å². The molecule has 0 radical (unpaired) electrons. The van der Waals surface area contributed by atoms with E-state index in [1.807, 2.05) is 0 Å². The summed E-state index contributed by atoms with van der Waals surface area (Å²) in [5.41, 5.74) is 4.99. The maximum Gasteiger partial charge on any atom is 0.220 e. The molecule has 0 aliphatic rings. The van der Waals surface area contributed by atoms with E-state index in [-0.39, 0.29) is 25.0 Å². The Morgan fingerprint density at radius 1 is 1.45 bits per heavy atom. The standard InChI is InChI=1S/C7H15NO3/c1-5(7(8)11)2-6(3-9)4-10/h5-6,9-10H,2-4H2,1H3,(H2,8,11). The number of amides is 1. The van der Waals surface area contributed by atoms with Crippen molar-refractivity contribution in [3.05, 3.63) is 0 Å². The van der Waals surface area contributed by atoms with Crippen LogP contribution in [0.1, 0.15) is 13.3 Å². The summed E-state index contributed by atoms with van der Waals surface area (Å²) >= 11 is 0. The first kappa shape index (κ1) is 10.4. The van der Waals surface area contributed by atoms with E-state index in [4.69, 9.17) is 15.9 Å². The quantitative estimate of drug-likeness (QED) is 0.488. The molecule has 0 aromatic heterocycles. The minimum Gasteiger partial charge on any atom is -0.396 e. The third-order valence-corrected chi connectivity index (χ3v) is 1.69. The fourth-order valence-electron chi connectivity index (χ4n) is 0.823. The van der Waals surface area contributed by atoms with Crippen LogP contribution in [0.5, 0.6) is 0 Å². The Morgan fingerprint density at radius 2 is 1.91 bits per heavy atom. The van der Waals surface area contributed by atoms with Crippen molar-refractivity contribution in [1.29, 1.82) is 0 Å². The molecule has 0 fully saturated rings. The SMILES string of the molecule is CC(CC(CO)CO)C(N)=O. The molecule has 4 N–H and O–H groups in total. The zero-order valence-corrected chi connectivity index (χ0v) is 6.66. The number of carbonyl (C=O) groups is 1. The molecule has 0 saturated heterocycles. The van der Waals surface area contributed by atoms with Crippen LogP contribution in [0.15, 0.2) is 0 Å². The molecule has 0 bridgehead atoms. The van der Waals surface area contributed by atoms with Crippen LogP contribution in [0.3, 0.4) is 0 Å². The molecule has 0 aromatic rings. The van der Waals surface area contributed by atoms with Gasteiger partial charge in [0.25, 0.3) is 0 Å². The van der Waals surface area contributed by atoms with E-state index in [1.165, 1.54) is 0 Å². The molecule has 4 nitrogen and oxygen atoms in total. The van der Waals surface area contributed by atoms with Gasteiger partial charge in [0.2, 0.25) is 5.91 Å². The number of hydrogen-bond donors (Lipinski definition) is 3. The first-order chi connectivity index (χ1) is 5.11. The van der Waals surface area contributed by atoms with Crippen LogP contribution in [-0.2, 0) is 4.79 Å². The van der Waals surface area contributed by atoms with Gasteiger partial charge in [-0.05, 0) is 6.42 Å². The number of aliphatic hydroxyl groups excluding tert-OH is 2. The molecular formula is C7H15NO3. The Hall–Kier alpha value is -0.610. The summed E-state index contributed by atoms with van der Waals surface area (Å²) in [6, 6.07) is 0. The first-order valence-electron chi connectivity index (χ1n) is 3.62. The van der Waals surface area contributed by atoms with E-state index >= 15 is 0 Å². The van der Waals surface area contributed by atoms with E-state index in [9.17, 15) is 4.79 Å². The monoisotopic (exact) mass is 161 g/mol. The van der Waals surface area contributed by atoms with Crippen molar-refractivity contribution in [3.8, 4) is 0 Å². The smallest absolute Gasteiger partial charge is 0.220 e. The summed E-state index contributed by atoms with van der Waals surface area (Å²) < 4.78 is 0. The Kier molecular flexibility index (Phi) is 4.81. The zero-order valence-electron chi connectivity index (χ0n) is 6.66. The largest absolute Gasteiger partial charge is 0.396 e. The molecule has 66 valence electrons. The van der Waals surface area contributed by atoms with Gasteiger partial charge in [0.1, 0.15) is 0 Å². The van der Waals surface area contributed by atoms with Crippen molar-refractivity contribution in [1.82, 2.24) is 0 Å². The molecular weight excluding hydrogens is 146 g/mol. The van der Waals surface area contributed by atoms with Crippen molar-refractivity contribution in [3.63, 3.8) is 0 Å². The highest BCUT2D eigenvalue weighted by atomic mass is 16.3. The summed E-state index contributed by atoms with van der Waals surface area (Å²) in [6.45, 7) is 1.48. The molecule has 11 heavy (non-hydrogen) atoms. The molecule has 0 aromatic carbocycles. The normalized spacial score (nSPS) is 13.5. The highest BCUT2D eigenvalue weighted by Crippen LogP contribution is 2.10. The Labute approximate surface area is 66.0 Å². The van der Waals surface area contributed by atoms with E-state index in [1.54, 1.807) is 6.92 Å². The van der Waals surface area contributed by atoms with E-state index in [0.29, 0.717) is 6.42 Å². The van der Waals surface area contributed by atoms with Crippen molar-refractivity contribution in [2.75, 3.05) is 13.2 Å². The van der Waals surface area contributed by atoms with Gasteiger partial charge in [0, 0.05) is 25.0 Å². The van der Waals surface area contributed by atoms with Crippen LogP contribution in [0.25, 0.3) is 0 Å². The summed E-state index contributed by atoms with van der Waals surface area (Å²) in [7, 11) is 0. The van der Waals surface area contributed by atoms with Gasteiger partial charge in [-0.1, -0.05) is 6.92 Å². The third kappa shape index (κ3) is 3.95. The Morgan fingerprint density at radius 3 is 2.18 bits per heavy atom. The van der Waals surface area contributed by atoms with Gasteiger partial charge >= 0.3 is 0 Å². The van der Waals surface area contributed by atoms with Gasteiger partial charge in [-0.2, -0.15) is 0 Å². The lowest BCUT2D eigenvalue weighted by Gasteiger charge is -2.13. The van der Waals surface area contributed by atoms with Gasteiger partial charge in [-0.15, -0.1) is 0 Å². The number of nitrogens with two attached hydrogens (primary N) is 1. The van der Waals surface area contributed by atoms with Crippen LogP contribution in [-0.4, -0.2) is 29.3 Å². The topological polar surface area (TPSA) is 83.6 Å². The third-order valence-electron chi connectivity index (χ3n) is 1.69. The molecule has 0 spiro atoms. The van der Waals surface area contributed by atoms with E-state index in [2.05, 4.69) is 0 Å². The van der Waals surface area contributed by atoms with E-state index in [0.717, 1.165) is 0 Å². The summed E-state index contributed by atoms with van der Waals surface area (Å²) in [5.74, 6) is -0.895. The molecule has 1 amide bonds. The van der Waals surface area contributed by atoms with Crippen molar-refractivity contribution < 1.29 is 15.0 Å². The predicted molar refractivity (Wildman–Crippen MR) is 40.6 cm³/mol. The van der Waals surface area contributed by atoms with Gasteiger partial charge < -0.3 is 15.9 Å². The van der Waals surface area contributed by atoms with Gasteiger partial charge in [0.15, 0.2) is 0 Å². The lowest BCUT2D eigenvalue weighted by molar-refractivity contribution is -0.122. The van der Waals surface area contributed by atoms with Crippen LogP contribution in [0.2, 0.25) is 0 Å². The van der Waals surface area contributed by atoms with Crippen LogP contribution in [0.4, 0.5) is 0 Å². The first-order valence-corrected chi connectivity index (χ1v) is 3.62. The molecule has 0 rings (SSSR count). The average Bonchev–Trinajstić information content (AvgIpc) is 1.99. The van der Waals surface area contributed by atoms with Crippen molar-refractivity contribution in [2.45, 2.75) is 13.3 Å². The Balaban J connectivity index is 3.71. The summed E-state index contributed by atoms with van der Waals surface area (Å²) in [6.07, 6.45) is 0.447. The predicted octanol–water partition coefficient (Wildman–Crippen LogP) is -0.901. The van der Waals surface area contributed by atoms with E-state index < -0.39 is 5.91 Å². The zero-order chi connectivity index (χ0) is 8.85. The minimum atomic E-state index is -0.392. The minimum absolute atomic E-state index is 0.103. The second-order valence-electron chi connectivity index (χ2n) is 2.77. The van der Waals surface area contributed by atoms with Gasteiger partial charge in [-0.3, -0.25) is 4.79 Å². The number of primary amides is 1. The van der Waals surface area contributed by atoms with Crippen LogP contribution < -0.4 is 5.73 Å². The van der Waals surface area contributed by atoms with Crippen LogP contribution in [0, 0.1) is 11.8 Å². The number of rotatable bonds is 5. The maximum atomic E-state index is 10.5. The van der Waals surface area contributed by atoms with Gasteiger partial charge in [0.05, 0.1) is 0 Å². The lowest BCUT2D eigenvalue weighted by Crippen LogP contribution is -2.25. The highest BCUT2D eigenvalue weighted by Gasteiger charge is 2.15. The van der Waals surface area contributed by atoms with Crippen LogP contribution >= 0.6 is 0 Å². The summed E-state index contributed by atoms with van der Waals surface area (Å²) in [4.78, 5) is 10.5. The average molecular weight is 161 g/mol. The second kappa shape index (κ2) is 5.09. The van der Waals surface area contributed by atoms with Crippen molar-refractivity contribution in [2.24, 2.45) is 17.6 Å². The highest BCUT2D eigenvalue weighted by molar-refractivity contribution is 5.76. The summed E-state index contributed by atoms with van der Waals surface area (Å²) in [5, 5.41) is 17.3. The molecule has 0 saturated carbocycles. The lowest BCUT2D eigenvalue weighted by atomic mass is 9.97. The molecule has 0 aliphatic carbocycles. The fraction of sp³-hybridized carbons (Fsp3) is 0.857.